The van der Waals surface area contributed by atoms with E-state index in [4.69, 9.17) is 16.3 Å². The average molecular weight is 628 g/mol. The fourth-order valence-corrected chi connectivity index (χ4v) is 5.87. The van der Waals surface area contributed by atoms with Gasteiger partial charge in [0.25, 0.3) is 11.5 Å². The highest BCUT2D eigenvalue weighted by molar-refractivity contribution is 6.30. The fourth-order valence-electron chi connectivity index (χ4n) is 5.68. The number of ether oxygens (including phenoxy) is 1. The van der Waals surface area contributed by atoms with Gasteiger partial charge in [0, 0.05) is 24.7 Å². The van der Waals surface area contributed by atoms with Gasteiger partial charge in [-0.1, -0.05) is 17.7 Å². The van der Waals surface area contributed by atoms with Crippen molar-refractivity contribution in [2.24, 2.45) is 0 Å². The van der Waals surface area contributed by atoms with Gasteiger partial charge in [0.05, 0.1) is 35.8 Å². The van der Waals surface area contributed by atoms with Crippen LogP contribution in [0.25, 0.3) is 10.8 Å². The number of aliphatic hydroxyl groups excluding tert-OH is 1. The molecule has 0 aliphatic carbocycles. The van der Waals surface area contributed by atoms with E-state index in [1.54, 1.807) is 31.7 Å². The van der Waals surface area contributed by atoms with Gasteiger partial charge in [-0.05, 0) is 81.0 Å². The summed E-state index contributed by atoms with van der Waals surface area (Å²) >= 11 is 6.12. The Kier molecular flexibility index (Phi) is 8.59. The Morgan fingerprint density at radius 2 is 1.91 bits per heavy atom. The van der Waals surface area contributed by atoms with Crippen LogP contribution in [0.5, 0.6) is 0 Å². The largest absolute Gasteiger partial charge is 0.444 e. The Morgan fingerprint density at radius 3 is 2.64 bits per heavy atom. The number of hydrogen-bond acceptors (Lipinski definition) is 7. The van der Waals surface area contributed by atoms with E-state index in [1.807, 2.05) is 19.1 Å². The lowest BCUT2D eigenvalue weighted by Crippen LogP contribution is -2.45. The summed E-state index contributed by atoms with van der Waals surface area (Å²) in [6.07, 6.45) is -1.11. The minimum Gasteiger partial charge on any atom is -0.444 e. The molecule has 2 aliphatic heterocycles. The molecule has 1 fully saturated rings. The molecule has 1 aromatic heterocycles. The standard InChI is InChI=1S/C31H35ClFN5O6/c1-16-20-6-5-19(32)9-17(20)7-8-38(16)27(40)13-34-23-10-18-11-24(35-28(41)21(18)12-22(23)33)29(42)37-14-25(26(39)15-37)36-30(43)44-31(2,3)4/h5-6,9-12,16,25-26,34,39H,7-8,13-15H2,1-4H3,(H,35,41)(H,36,43)/t16-,25+,26+/m0/s1. The number of alkyl carbamates (subject to hydrolysis) is 1. The lowest BCUT2D eigenvalue weighted by atomic mass is 9.93. The summed E-state index contributed by atoms with van der Waals surface area (Å²) in [5.41, 5.74) is 0.640. The Morgan fingerprint density at radius 1 is 1.16 bits per heavy atom. The summed E-state index contributed by atoms with van der Waals surface area (Å²) in [6.45, 7) is 7.28. The number of H-pyrrole nitrogens is 1. The SMILES string of the molecule is C[C@H]1c2ccc(Cl)cc2CCN1C(=O)CNc1cc2cc(C(=O)N3C[C@@H](O)[C@H](NC(=O)OC(C)(C)C)C3)[nH]c(=O)c2cc1F. The number of aliphatic hydroxyl groups is 1. The van der Waals surface area contributed by atoms with Crippen LogP contribution in [0.15, 0.2) is 41.2 Å². The lowest BCUT2D eigenvalue weighted by molar-refractivity contribution is -0.131. The second kappa shape index (κ2) is 12.1. The molecule has 0 bridgehead atoms. The number of amides is 3. The number of carbonyl (C=O) groups excluding carboxylic acids is 3. The van der Waals surface area contributed by atoms with E-state index in [2.05, 4.69) is 15.6 Å². The topological polar surface area (TPSA) is 144 Å². The van der Waals surface area contributed by atoms with Gasteiger partial charge in [0.1, 0.15) is 17.1 Å². The smallest absolute Gasteiger partial charge is 0.408 e. The predicted octanol–water partition coefficient (Wildman–Crippen LogP) is 3.59. The van der Waals surface area contributed by atoms with Crippen LogP contribution in [0.4, 0.5) is 14.9 Å². The Hall–Kier alpha value is -4.16. The quantitative estimate of drug-likeness (QED) is 0.338. The molecule has 234 valence electrons. The summed E-state index contributed by atoms with van der Waals surface area (Å²) in [5.74, 6) is -1.52. The van der Waals surface area contributed by atoms with Gasteiger partial charge in [0.15, 0.2) is 0 Å². The molecule has 3 amide bonds. The summed E-state index contributed by atoms with van der Waals surface area (Å²) in [5, 5.41) is 16.8. The molecule has 0 spiro atoms. The maximum Gasteiger partial charge on any atom is 0.408 e. The number of nitrogens with zero attached hydrogens (tertiary/aromatic N) is 2. The maximum absolute atomic E-state index is 15.0. The highest BCUT2D eigenvalue weighted by Crippen LogP contribution is 2.31. The van der Waals surface area contributed by atoms with Crippen LogP contribution in [0.2, 0.25) is 5.02 Å². The van der Waals surface area contributed by atoms with Crippen molar-refractivity contribution in [3.05, 3.63) is 74.4 Å². The minimum absolute atomic E-state index is 0.00455. The molecular formula is C31H35ClFN5O6. The van der Waals surface area contributed by atoms with Crippen molar-refractivity contribution < 1.29 is 28.6 Å². The van der Waals surface area contributed by atoms with Crippen molar-refractivity contribution in [3.63, 3.8) is 0 Å². The number of pyridine rings is 1. The summed E-state index contributed by atoms with van der Waals surface area (Å²) < 4.78 is 20.2. The van der Waals surface area contributed by atoms with Crippen molar-refractivity contribution >= 4 is 46.0 Å². The zero-order valence-electron chi connectivity index (χ0n) is 24.9. The third kappa shape index (κ3) is 6.66. The van der Waals surface area contributed by atoms with E-state index in [-0.39, 0.29) is 53.7 Å². The molecule has 0 saturated carbocycles. The van der Waals surface area contributed by atoms with Crippen LogP contribution in [-0.2, 0) is 16.0 Å². The molecule has 13 heteroatoms. The van der Waals surface area contributed by atoms with Gasteiger partial charge in [-0.15, -0.1) is 0 Å². The number of benzene rings is 2. The van der Waals surface area contributed by atoms with Crippen LogP contribution in [0.3, 0.4) is 0 Å². The third-order valence-electron chi connectivity index (χ3n) is 7.84. The minimum atomic E-state index is -1.05. The highest BCUT2D eigenvalue weighted by Gasteiger charge is 2.37. The number of halogens is 2. The Bertz CT molecular complexity index is 1690. The molecule has 2 aliphatic rings. The first-order chi connectivity index (χ1) is 20.7. The Balaban J connectivity index is 1.28. The number of nitrogens with one attached hydrogen (secondary N) is 3. The summed E-state index contributed by atoms with van der Waals surface area (Å²) in [7, 11) is 0. The number of anilines is 1. The normalized spacial score (nSPS) is 19.9. The fraction of sp³-hybridized carbons (Fsp3) is 0.419. The molecule has 44 heavy (non-hydrogen) atoms. The van der Waals surface area contributed by atoms with Gasteiger partial charge in [-0.2, -0.15) is 0 Å². The first kappa shape index (κ1) is 31.3. The molecule has 0 unspecified atom stereocenters. The molecule has 4 N–H and O–H groups in total. The van der Waals surface area contributed by atoms with E-state index >= 15 is 4.39 Å². The van der Waals surface area contributed by atoms with E-state index < -0.39 is 41.1 Å². The average Bonchev–Trinajstić information content (AvgIpc) is 3.30. The number of β-amino-alcohol motifs (C(OH)–C–C–N with tert-alkyl or cyclic N) is 1. The molecule has 3 aromatic rings. The van der Waals surface area contributed by atoms with Gasteiger partial charge in [0.2, 0.25) is 5.91 Å². The number of hydrogen-bond donors (Lipinski definition) is 4. The van der Waals surface area contributed by atoms with Gasteiger partial charge in [-0.25, -0.2) is 9.18 Å². The zero-order chi connectivity index (χ0) is 31.9. The second-order valence-electron chi connectivity index (χ2n) is 12.2. The van der Waals surface area contributed by atoms with Crippen molar-refractivity contribution in [1.82, 2.24) is 20.1 Å². The first-order valence-corrected chi connectivity index (χ1v) is 14.7. The molecule has 3 atom stereocenters. The number of likely N-dealkylation sites (tertiary alicyclic amines) is 1. The van der Waals surface area contributed by atoms with Crippen LogP contribution in [0.1, 0.15) is 55.4 Å². The van der Waals surface area contributed by atoms with E-state index in [1.165, 1.54) is 17.0 Å². The number of aromatic amines is 1. The number of carbonyl (C=O) groups is 3. The molecule has 1 saturated heterocycles. The zero-order valence-corrected chi connectivity index (χ0v) is 25.6. The van der Waals surface area contributed by atoms with Gasteiger partial charge < -0.3 is 35.3 Å². The third-order valence-corrected chi connectivity index (χ3v) is 8.07. The maximum atomic E-state index is 15.0. The molecule has 3 heterocycles. The summed E-state index contributed by atoms with van der Waals surface area (Å²) in [4.78, 5) is 56.9. The summed E-state index contributed by atoms with van der Waals surface area (Å²) in [6, 6.07) is 8.52. The first-order valence-electron chi connectivity index (χ1n) is 14.4. The lowest BCUT2D eigenvalue weighted by Gasteiger charge is -2.35. The van der Waals surface area contributed by atoms with Gasteiger partial charge >= 0.3 is 6.09 Å². The van der Waals surface area contributed by atoms with Crippen molar-refractivity contribution in [2.45, 2.75) is 57.9 Å². The van der Waals surface area contributed by atoms with Crippen LogP contribution in [-0.4, -0.2) is 81.7 Å². The van der Waals surface area contributed by atoms with Crippen molar-refractivity contribution in [1.29, 1.82) is 0 Å². The van der Waals surface area contributed by atoms with Crippen molar-refractivity contribution in [3.8, 4) is 0 Å². The van der Waals surface area contributed by atoms with Gasteiger partial charge in [-0.3, -0.25) is 14.4 Å². The van der Waals surface area contributed by atoms with E-state index in [0.29, 0.717) is 18.0 Å². The van der Waals surface area contributed by atoms with Crippen LogP contribution < -0.4 is 16.2 Å². The van der Waals surface area contributed by atoms with Crippen molar-refractivity contribution in [2.75, 3.05) is 31.5 Å². The number of fused-ring (bicyclic) bond motifs is 2. The molecule has 5 rings (SSSR count). The molecule has 11 nitrogen and oxygen atoms in total. The van der Waals surface area contributed by atoms with E-state index in [9.17, 15) is 24.3 Å². The number of aromatic nitrogens is 1. The van der Waals surface area contributed by atoms with Crippen LogP contribution >= 0.6 is 11.6 Å². The molecular weight excluding hydrogens is 593 g/mol. The molecule has 2 aromatic carbocycles. The highest BCUT2D eigenvalue weighted by atomic mass is 35.5. The predicted molar refractivity (Wildman–Crippen MR) is 163 cm³/mol. The van der Waals surface area contributed by atoms with Crippen LogP contribution in [0, 0.1) is 5.82 Å². The Labute approximate surface area is 258 Å². The number of rotatable bonds is 5. The monoisotopic (exact) mass is 627 g/mol. The second-order valence-corrected chi connectivity index (χ2v) is 12.6. The van der Waals surface area contributed by atoms with E-state index in [0.717, 1.165) is 17.2 Å². The molecule has 0 radical (unpaired) electrons.